The van der Waals surface area contributed by atoms with Crippen LogP contribution in [0.4, 0.5) is 5.69 Å². The number of rotatable bonds is 7. The second kappa shape index (κ2) is 9.10. The summed E-state index contributed by atoms with van der Waals surface area (Å²) in [7, 11) is 0. The summed E-state index contributed by atoms with van der Waals surface area (Å²) >= 11 is 5.89. The van der Waals surface area contributed by atoms with Gasteiger partial charge < -0.3 is 19.2 Å². The van der Waals surface area contributed by atoms with Crippen LogP contribution in [0.2, 0.25) is 5.02 Å². The van der Waals surface area contributed by atoms with Crippen molar-refractivity contribution < 1.29 is 23.5 Å². The number of carbonyl (C=O) groups is 2. The number of esters is 1. The van der Waals surface area contributed by atoms with Crippen molar-refractivity contribution in [3.8, 4) is 5.75 Å². The number of anilines is 1. The molecule has 0 saturated heterocycles. The Bertz CT molecular complexity index is 969. The molecule has 1 aromatic heterocycles. The predicted octanol–water partition coefficient (Wildman–Crippen LogP) is 4.73. The number of furan rings is 1. The Labute approximate surface area is 167 Å². The van der Waals surface area contributed by atoms with Crippen LogP contribution in [0.3, 0.4) is 0 Å². The van der Waals surface area contributed by atoms with Gasteiger partial charge in [-0.05, 0) is 48.9 Å². The molecule has 0 aliphatic heterocycles. The molecule has 0 radical (unpaired) electrons. The fourth-order valence-electron chi connectivity index (χ4n) is 2.52. The summed E-state index contributed by atoms with van der Waals surface area (Å²) in [6.45, 7) is 2.01. The molecule has 7 heteroatoms. The maximum atomic E-state index is 12.5. The average molecular weight is 400 g/mol. The van der Waals surface area contributed by atoms with Crippen molar-refractivity contribution >= 4 is 29.2 Å². The van der Waals surface area contributed by atoms with Gasteiger partial charge in [-0.15, -0.1) is 0 Å². The lowest BCUT2D eigenvalue weighted by molar-refractivity contribution is 0.0451. The number of para-hydroxylation sites is 1. The van der Waals surface area contributed by atoms with E-state index >= 15 is 0 Å². The zero-order chi connectivity index (χ0) is 19.9. The van der Waals surface area contributed by atoms with Crippen molar-refractivity contribution in [3.05, 3.63) is 82.8 Å². The third-order valence-electron chi connectivity index (χ3n) is 3.86. The largest absolute Gasteiger partial charge is 0.490 e. The maximum absolute atomic E-state index is 12.5. The maximum Gasteiger partial charge on any atom is 0.340 e. The minimum Gasteiger partial charge on any atom is -0.490 e. The standard InChI is InChI=1S/C21H18ClNO5/c1-14-5-2-8-17(19(14)23-20(24)18-9-4-10-27-18)21(25)28-12-11-26-16-7-3-6-15(22)13-16/h2-10,13H,11-12H2,1H3,(H,23,24). The van der Waals surface area contributed by atoms with Crippen molar-refractivity contribution in [2.45, 2.75) is 6.92 Å². The smallest absolute Gasteiger partial charge is 0.340 e. The van der Waals surface area contributed by atoms with Gasteiger partial charge in [0, 0.05) is 5.02 Å². The fraction of sp³-hybridized carbons (Fsp3) is 0.143. The molecule has 1 N–H and O–H groups in total. The summed E-state index contributed by atoms with van der Waals surface area (Å²) in [6, 6.07) is 15.2. The summed E-state index contributed by atoms with van der Waals surface area (Å²) in [6.07, 6.45) is 1.40. The number of benzene rings is 2. The molecule has 3 aromatic rings. The third-order valence-corrected chi connectivity index (χ3v) is 4.09. The molecule has 0 spiro atoms. The summed E-state index contributed by atoms with van der Waals surface area (Å²) < 4.78 is 15.9. The molecule has 0 aliphatic carbocycles. The lowest BCUT2D eigenvalue weighted by atomic mass is 10.1. The van der Waals surface area contributed by atoms with Crippen LogP contribution in [0.25, 0.3) is 0 Å². The Hall–Kier alpha value is -3.25. The van der Waals surface area contributed by atoms with Crippen LogP contribution < -0.4 is 10.1 Å². The van der Waals surface area contributed by atoms with Crippen LogP contribution in [-0.2, 0) is 4.74 Å². The highest BCUT2D eigenvalue weighted by atomic mass is 35.5. The number of aryl methyl sites for hydroxylation is 1. The van der Waals surface area contributed by atoms with Crippen LogP contribution in [0.1, 0.15) is 26.5 Å². The molecule has 0 fully saturated rings. The molecule has 2 aromatic carbocycles. The number of hydrogen-bond donors (Lipinski definition) is 1. The molecule has 3 rings (SSSR count). The van der Waals surface area contributed by atoms with Crippen LogP contribution in [-0.4, -0.2) is 25.1 Å². The molecule has 0 saturated carbocycles. The van der Waals surface area contributed by atoms with E-state index in [1.807, 2.05) is 0 Å². The summed E-state index contributed by atoms with van der Waals surface area (Å²) in [5, 5.41) is 3.27. The molecule has 28 heavy (non-hydrogen) atoms. The predicted molar refractivity (Wildman–Crippen MR) is 105 cm³/mol. The van der Waals surface area contributed by atoms with Crippen LogP contribution in [0.15, 0.2) is 65.3 Å². The second-order valence-electron chi connectivity index (χ2n) is 5.87. The first kappa shape index (κ1) is 19.5. The van der Waals surface area contributed by atoms with Crippen molar-refractivity contribution in [3.63, 3.8) is 0 Å². The highest BCUT2D eigenvalue weighted by molar-refractivity contribution is 6.30. The molecule has 6 nitrogen and oxygen atoms in total. The average Bonchev–Trinajstić information content (AvgIpc) is 3.21. The zero-order valence-electron chi connectivity index (χ0n) is 15.1. The third kappa shape index (κ3) is 4.92. The van der Waals surface area contributed by atoms with E-state index in [0.717, 1.165) is 5.56 Å². The Balaban J connectivity index is 1.61. The topological polar surface area (TPSA) is 77.8 Å². The first-order valence-electron chi connectivity index (χ1n) is 8.54. The van der Waals surface area contributed by atoms with E-state index in [-0.39, 0.29) is 24.5 Å². The number of amides is 1. The Morgan fingerprint density at radius 1 is 1.07 bits per heavy atom. The quantitative estimate of drug-likeness (QED) is 0.459. The van der Waals surface area contributed by atoms with Gasteiger partial charge in [-0.25, -0.2) is 4.79 Å². The number of ether oxygens (including phenoxy) is 2. The van der Waals surface area contributed by atoms with E-state index < -0.39 is 11.9 Å². The molecular weight excluding hydrogens is 382 g/mol. The number of carbonyl (C=O) groups excluding carboxylic acids is 2. The molecule has 0 bridgehead atoms. The van der Waals surface area contributed by atoms with Gasteiger partial charge in [0.25, 0.3) is 5.91 Å². The van der Waals surface area contributed by atoms with Gasteiger partial charge in [0.05, 0.1) is 17.5 Å². The monoisotopic (exact) mass is 399 g/mol. The lowest BCUT2D eigenvalue weighted by Gasteiger charge is -2.13. The van der Waals surface area contributed by atoms with E-state index in [9.17, 15) is 9.59 Å². The summed E-state index contributed by atoms with van der Waals surface area (Å²) in [5.41, 5.74) is 1.36. The second-order valence-corrected chi connectivity index (χ2v) is 6.31. The molecule has 0 atom stereocenters. The van der Waals surface area contributed by atoms with Gasteiger partial charge in [0.2, 0.25) is 0 Å². The normalized spacial score (nSPS) is 10.4. The first-order chi connectivity index (χ1) is 13.5. The number of halogens is 1. The van der Waals surface area contributed by atoms with E-state index in [1.165, 1.54) is 6.26 Å². The molecule has 1 amide bonds. The minimum atomic E-state index is -0.562. The van der Waals surface area contributed by atoms with Gasteiger partial charge >= 0.3 is 5.97 Å². The Morgan fingerprint density at radius 3 is 2.64 bits per heavy atom. The molecule has 0 aliphatic rings. The minimum absolute atomic E-state index is 0.0465. The van der Waals surface area contributed by atoms with Gasteiger partial charge in [0.1, 0.15) is 19.0 Å². The van der Waals surface area contributed by atoms with E-state index in [2.05, 4.69) is 5.32 Å². The molecule has 144 valence electrons. The van der Waals surface area contributed by atoms with Gasteiger partial charge in [-0.1, -0.05) is 29.8 Å². The van der Waals surface area contributed by atoms with Crippen molar-refractivity contribution in [2.75, 3.05) is 18.5 Å². The van der Waals surface area contributed by atoms with Crippen LogP contribution in [0, 0.1) is 6.92 Å². The highest BCUT2D eigenvalue weighted by Crippen LogP contribution is 2.23. The molecule has 0 unspecified atom stereocenters. The van der Waals surface area contributed by atoms with E-state index in [0.29, 0.717) is 16.5 Å². The molecule has 1 heterocycles. The first-order valence-corrected chi connectivity index (χ1v) is 8.92. The van der Waals surface area contributed by atoms with Crippen LogP contribution >= 0.6 is 11.6 Å². The van der Waals surface area contributed by atoms with Crippen molar-refractivity contribution in [2.24, 2.45) is 0 Å². The zero-order valence-corrected chi connectivity index (χ0v) is 15.9. The number of nitrogens with one attached hydrogen (secondary N) is 1. The molecular formula is C21H18ClNO5. The van der Waals surface area contributed by atoms with Gasteiger partial charge in [-0.3, -0.25) is 4.79 Å². The van der Waals surface area contributed by atoms with Gasteiger partial charge in [0.15, 0.2) is 5.76 Å². The van der Waals surface area contributed by atoms with Crippen LogP contribution in [0.5, 0.6) is 5.75 Å². The highest BCUT2D eigenvalue weighted by Gasteiger charge is 2.18. The summed E-state index contributed by atoms with van der Waals surface area (Å²) in [5.74, 6) is -0.270. The van der Waals surface area contributed by atoms with Crippen molar-refractivity contribution in [1.82, 2.24) is 0 Å². The van der Waals surface area contributed by atoms with Crippen molar-refractivity contribution in [1.29, 1.82) is 0 Å². The Morgan fingerprint density at radius 2 is 1.89 bits per heavy atom. The SMILES string of the molecule is Cc1cccc(C(=O)OCCOc2cccc(Cl)c2)c1NC(=O)c1ccco1. The van der Waals surface area contributed by atoms with E-state index in [1.54, 1.807) is 61.5 Å². The lowest BCUT2D eigenvalue weighted by Crippen LogP contribution is -2.18. The fourth-order valence-corrected chi connectivity index (χ4v) is 2.70. The summed E-state index contributed by atoms with van der Waals surface area (Å²) in [4.78, 5) is 24.7. The van der Waals surface area contributed by atoms with E-state index in [4.69, 9.17) is 25.5 Å². The Kier molecular flexibility index (Phi) is 6.34. The number of hydrogen-bond acceptors (Lipinski definition) is 5. The van der Waals surface area contributed by atoms with Gasteiger partial charge in [-0.2, -0.15) is 0 Å².